The summed E-state index contributed by atoms with van der Waals surface area (Å²) in [5.74, 6) is 0.609. The van der Waals surface area contributed by atoms with Gasteiger partial charge in [-0.05, 0) is 38.0 Å². The number of Topliss-reactive ketones (excluding diaryl/α,β-unsaturated/α-hetero) is 1. The van der Waals surface area contributed by atoms with Crippen molar-refractivity contribution in [3.05, 3.63) is 41.7 Å². The van der Waals surface area contributed by atoms with Crippen LogP contribution in [0.15, 0.2) is 30.4 Å². The molecule has 0 aliphatic rings. The van der Waals surface area contributed by atoms with E-state index < -0.39 is 0 Å². The normalized spacial score (nSPS) is 10.7. The molecule has 2 rings (SSSR count). The lowest BCUT2D eigenvalue weighted by Gasteiger charge is -2.02. The van der Waals surface area contributed by atoms with Crippen LogP contribution in [0.3, 0.4) is 0 Å². The van der Waals surface area contributed by atoms with E-state index in [9.17, 15) is 9.59 Å². The molecule has 0 fully saturated rings. The predicted octanol–water partition coefficient (Wildman–Crippen LogP) is 3.60. The molecule has 122 valence electrons. The minimum absolute atomic E-state index is 0.150. The molecule has 0 radical (unpaired) electrons. The van der Waals surface area contributed by atoms with Crippen molar-refractivity contribution in [2.45, 2.75) is 39.5 Å². The molecule has 0 atom stereocenters. The summed E-state index contributed by atoms with van der Waals surface area (Å²) < 4.78 is 5.05. The Kier molecular flexibility index (Phi) is 5.68. The number of aromatic nitrogens is 2. The molecule has 5 nitrogen and oxygen atoms in total. The van der Waals surface area contributed by atoms with Gasteiger partial charge in [0.1, 0.15) is 5.82 Å². The van der Waals surface area contributed by atoms with Crippen molar-refractivity contribution in [1.82, 2.24) is 9.97 Å². The fourth-order valence-corrected chi connectivity index (χ4v) is 2.25. The molecule has 0 saturated heterocycles. The highest BCUT2D eigenvalue weighted by Crippen LogP contribution is 2.16. The number of nitrogens with one attached hydrogen (secondary N) is 1. The summed E-state index contributed by atoms with van der Waals surface area (Å²) >= 11 is 0. The largest absolute Gasteiger partial charge is 0.462 e. The molecule has 0 saturated carbocycles. The van der Waals surface area contributed by atoms with Gasteiger partial charge >= 0.3 is 5.97 Å². The van der Waals surface area contributed by atoms with Gasteiger partial charge in [0.2, 0.25) is 0 Å². The van der Waals surface area contributed by atoms with Crippen LogP contribution in [0.25, 0.3) is 11.0 Å². The van der Waals surface area contributed by atoms with Crippen molar-refractivity contribution in [2.75, 3.05) is 6.61 Å². The molecule has 1 aromatic heterocycles. The molecule has 0 amide bonds. The molecule has 2 aromatic rings. The van der Waals surface area contributed by atoms with E-state index in [2.05, 4.69) is 16.5 Å². The van der Waals surface area contributed by atoms with Crippen molar-refractivity contribution in [3.63, 3.8) is 0 Å². The maximum absolute atomic E-state index is 11.9. The summed E-state index contributed by atoms with van der Waals surface area (Å²) in [6, 6.07) is 5.53. The Bertz CT molecular complexity index is 731. The number of aromatic amines is 1. The average Bonchev–Trinajstić information content (AvgIpc) is 2.93. The molecule has 0 bridgehead atoms. The number of carbonyl (C=O) groups excluding carboxylic acids is 2. The van der Waals surface area contributed by atoms with Gasteiger partial charge in [0.15, 0.2) is 5.78 Å². The topological polar surface area (TPSA) is 72.0 Å². The predicted molar refractivity (Wildman–Crippen MR) is 89.4 cm³/mol. The summed E-state index contributed by atoms with van der Waals surface area (Å²) in [4.78, 5) is 30.9. The number of fused-ring (bicyclic) bond motifs is 1. The van der Waals surface area contributed by atoms with E-state index in [4.69, 9.17) is 4.74 Å². The first kappa shape index (κ1) is 16.9. The Morgan fingerprint density at radius 3 is 2.83 bits per heavy atom. The van der Waals surface area contributed by atoms with E-state index in [-0.39, 0.29) is 11.8 Å². The fraction of sp³-hybridized carbons (Fsp3) is 0.389. The third-order valence-electron chi connectivity index (χ3n) is 3.47. The number of imidazole rings is 1. The molecule has 0 unspecified atom stereocenters. The second kappa shape index (κ2) is 7.72. The molecule has 5 heteroatoms. The number of esters is 1. The highest BCUT2D eigenvalue weighted by Gasteiger charge is 2.09. The van der Waals surface area contributed by atoms with Crippen LogP contribution in [0.4, 0.5) is 0 Å². The minimum Gasteiger partial charge on any atom is -0.462 e. The first-order valence-corrected chi connectivity index (χ1v) is 7.85. The Balaban J connectivity index is 1.96. The van der Waals surface area contributed by atoms with E-state index in [1.165, 1.54) is 0 Å². The molecular formula is C18H22N2O3. The van der Waals surface area contributed by atoms with Crippen LogP contribution >= 0.6 is 0 Å². The van der Waals surface area contributed by atoms with Crippen LogP contribution in [-0.2, 0) is 16.0 Å². The van der Waals surface area contributed by atoms with E-state index in [1.807, 2.05) is 25.1 Å². The lowest BCUT2D eigenvalue weighted by atomic mass is 10.1. The number of carbonyl (C=O) groups is 2. The highest BCUT2D eigenvalue weighted by molar-refractivity contribution is 5.98. The van der Waals surface area contributed by atoms with Crippen LogP contribution < -0.4 is 0 Å². The molecule has 1 N–H and O–H groups in total. The van der Waals surface area contributed by atoms with Crippen molar-refractivity contribution in [3.8, 4) is 0 Å². The lowest BCUT2D eigenvalue weighted by molar-refractivity contribution is -0.139. The zero-order valence-electron chi connectivity index (χ0n) is 13.6. The van der Waals surface area contributed by atoms with Gasteiger partial charge in [-0.2, -0.15) is 0 Å². The highest BCUT2D eigenvalue weighted by atomic mass is 16.5. The number of hydrogen-bond donors (Lipinski definition) is 1. The number of ketones is 1. The van der Waals surface area contributed by atoms with Crippen LogP contribution in [0, 0.1) is 0 Å². The van der Waals surface area contributed by atoms with E-state index in [0.717, 1.165) is 23.3 Å². The zero-order chi connectivity index (χ0) is 16.8. The third kappa shape index (κ3) is 4.52. The summed E-state index contributed by atoms with van der Waals surface area (Å²) in [7, 11) is 0. The van der Waals surface area contributed by atoms with Gasteiger partial charge in [0, 0.05) is 24.0 Å². The molecule has 0 aliphatic carbocycles. The van der Waals surface area contributed by atoms with Crippen molar-refractivity contribution in [2.24, 2.45) is 0 Å². The lowest BCUT2D eigenvalue weighted by Crippen LogP contribution is -2.07. The standard InChI is InChI=1S/C18H22N2O3/c1-4-6-16(21)13-8-9-14-15(11-13)20-17(19-14)7-5-10-23-18(22)12(2)3/h8-9,11H,2,4-7,10H2,1,3H3,(H,19,20). The number of hydrogen-bond acceptors (Lipinski definition) is 4. The fourth-order valence-electron chi connectivity index (χ4n) is 2.25. The summed E-state index contributed by atoms with van der Waals surface area (Å²) in [6.45, 7) is 7.49. The second-order valence-electron chi connectivity index (χ2n) is 5.61. The van der Waals surface area contributed by atoms with Crippen LogP contribution in [0.1, 0.15) is 49.3 Å². The number of aryl methyl sites for hydroxylation is 1. The van der Waals surface area contributed by atoms with E-state index in [0.29, 0.717) is 37.0 Å². The number of benzene rings is 1. The second-order valence-corrected chi connectivity index (χ2v) is 5.61. The Morgan fingerprint density at radius 2 is 2.13 bits per heavy atom. The Morgan fingerprint density at radius 1 is 1.35 bits per heavy atom. The quantitative estimate of drug-likeness (QED) is 0.350. The van der Waals surface area contributed by atoms with E-state index >= 15 is 0 Å². The molecule has 0 aliphatic heterocycles. The number of H-pyrrole nitrogens is 1. The Hall–Kier alpha value is -2.43. The van der Waals surface area contributed by atoms with Gasteiger partial charge in [0.25, 0.3) is 0 Å². The van der Waals surface area contributed by atoms with Gasteiger partial charge in [-0.3, -0.25) is 4.79 Å². The SMILES string of the molecule is C=C(C)C(=O)OCCCc1nc2ccc(C(=O)CCC)cc2[nH]1. The smallest absolute Gasteiger partial charge is 0.333 e. The third-order valence-corrected chi connectivity index (χ3v) is 3.47. The van der Waals surface area contributed by atoms with Gasteiger partial charge in [-0.25, -0.2) is 9.78 Å². The molecule has 1 aromatic carbocycles. The summed E-state index contributed by atoms with van der Waals surface area (Å²) in [5.41, 5.74) is 2.82. The minimum atomic E-state index is -0.367. The molecular weight excluding hydrogens is 292 g/mol. The van der Waals surface area contributed by atoms with Crippen molar-refractivity contribution in [1.29, 1.82) is 0 Å². The van der Waals surface area contributed by atoms with Crippen molar-refractivity contribution < 1.29 is 14.3 Å². The van der Waals surface area contributed by atoms with Gasteiger partial charge in [0.05, 0.1) is 17.6 Å². The summed E-state index contributed by atoms with van der Waals surface area (Å²) in [6.07, 6.45) is 2.76. The van der Waals surface area contributed by atoms with Gasteiger partial charge in [-0.15, -0.1) is 0 Å². The molecule has 23 heavy (non-hydrogen) atoms. The number of rotatable bonds is 8. The monoisotopic (exact) mass is 314 g/mol. The Labute approximate surface area is 135 Å². The number of ether oxygens (including phenoxy) is 1. The van der Waals surface area contributed by atoms with Crippen molar-refractivity contribution >= 4 is 22.8 Å². The summed E-state index contributed by atoms with van der Waals surface area (Å²) in [5, 5.41) is 0. The molecule has 1 heterocycles. The maximum Gasteiger partial charge on any atom is 0.333 e. The van der Waals surface area contributed by atoms with Gasteiger partial charge < -0.3 is 9.72 Å². The zero-order valence-corrected chi connectivity index (χ0v) is 13.6. The molecule has 0 spiro atoms. The first-order chi connectivity index (χ1) is 11.0. The first-order valence-electron chi connectivity index (χ1n) is 7.85. The van der Waals surface area contributed by atoms with Crippen LogP contribution in [0.2, 0.25) is 0 Å². The van der Waals surface area contributed by atoms with Gasteiger partial charge in [-0.1, -0.05) is 13.5 Å². The maximum atomic E-state index is 11.9. The number of nitrogens with zero attached hydrogens (tertiary/aromatic N) is 1. The average molecular weight is 314 g/mol. The van der Waals surface area contributed by atoms with Crippen LogP contribution in [-0.4, -0.2) is 28.3 Å². The van der Waals surface area contributed by atoms with Crippen LogP contribution in [0.5, 0.6) is 0 Å². The van der Waals surface area contributed by atoms with E-state index in [1.54, 1.807) is 6.92 Å².